The third kappa shape index (κ3) is 2.04. The molecule has 1 aliphatic heterocycles. The van der Waals surface area contributed by atoms with Crippen LogP contribution in [0.4, 0.5) is 0 Å². The van der Waals surface area contributed by atoms with Crippen LogP contribution in [0.1, 0.15) is 16.7 Å². The van der Waals surface area contributed by atoms with E-state index in [1.807, 2.05) is 0 Å². The Morgan fingerprint density at radius 1 is 1.12 bits per heavy atom. The van der Waals surface area contributed by atoms with Crippen molar-refractivity contribution < 1.29 is 0 Å². The van der Waals surface area contributed by atoms with E-state index in [4.69, 9.17) is 0 Å². The minimum absolute atomic E-state index is 1.10. The molecule has 3 rings (SSSR count). The highest BCUT2D eigenvalue weighted by molar-refractivity contribution is 7.07. The molecule has 2 heteroatoms. The Morgan fingerprint density at radius 2 is 2.00 bits per heavy atom. The second kappa shape index (κ2) is 4.40. The molecule has 0 unspecified atom stereocenters. The van der Waals surface area contributed by atoms with Crippen LogP contribution in [0.15, 0.2) is 41.1 Å². The van der Waals surface area contributed by atoms with Crippen molar-refractivity contribution in [2.75, 3.05) is 6.54 Å². The molecule has 1 aromatic carbocycles. The molecule has 0 radical (unpaired) electrons. The monoisotopic (exact) mass is 229 g/mol. The number of hydrogen-bond acceptors (Lipinski definition) is 2. The molecule has 0 fully saturated rings. The smallest absolute Gasteiger partial charge is 0.0245 e. The van der Waals surface area contributed by atoms with Gasteiger partial charge < -0.3 is 0 Å². The maximum atomic E-state index is 2.53. The van der Waals surface area contributed by atoms with Gasteiger partial charge in [0, 0.05) is 19.6 Å². The summed E-state index contributed by atoms with van der Waals surface area (Å²) in [6.45, 7) is 3.39. The van der Waals surface area contributed by atoms with Crippen LogP contribution in [0.3, 0.4) is 0 Å². The minimum atomic E-state index is 1.10. The fourth-order valence-electron chi connectivity index (χ4n) is 2.33. The Balaban J connectivity index is 1.73. The van der Waals surface area contributed by atoms with Crippen molar-refractivity contribution >= 4 is 11.3 Å². The van der Waals surface area contributed by atoms with Gasteiger partial charge in [-0.1, -0.05) is 24.3 Å². The van der Waals surface area contributed by atoms with Crippen molar-refractivity contribution in [2.45, 2.75) is 19.5 Å². The summed E-state index contributed by atoms with van der Waals surface area (Å²) in [6.07, 6.45) is 1.19. The summed E-state index contributed by atoms with van der Waals surface area (Å²) in [5.74, 6) is 0. The van der Waals surface area contributed by atoms with Crippen LogP contribution >= 0.6 is 11.3 Å². The van der Waals surface area contributed by atoms with Gasteiger partial charge in [0.25, 0.3) is 0 Å². The first kappa shape index (κ1) is 10.1. The Labute approximate surface area is 100 Å². The molecule has 1 aromatic heterocycles. The Hall–Kier alpha value is -1.12. The number of nitrogens with zero attached hydrogens (tertiary/aromatic N) is 1. The predicted octanol–water partition coefficient (Wildman–Crippen LogP) is 3.31. The molecule has 0 amide bonds. The standard InChI is InChI=1S/C14H15NS/c1-2-4-14-10-15(7-5-13(14)3-1)9-12-6-8-16-11-12/h1-4,6,8,11H,5,7,9-10H2. The number of benzene rings is 1. The maximum Gasteiger partial charge on any atom is 0.0245 e. The van der Waals surface area contributed by atoms with Gasteiger partial charge in [-0.05, 0) is 39.9 Å². The molecule has 82 valence electrons. The first-order chi connectivity index (χ1) is 7.92. The van der Waals surface area contributed by atoms with E-state index in [9.17, 15) is 0 Å². The number of fused-ring (bicyclic) bond motifs is 1. The SMILES string of the molecule is c1ccc2c(c1)CCN(Cc1ccsc1)C2. The van der Waals surface area contributed by atoms with E-state index < -0.39 is 0 Å². The molecule has 0 spiro atoms. The zero-order valence-corrected chi connectivity index (χ0v) is 10.0. The first-order valence-corrected chi connectivity index (χ1v) is 6.66. The largest absolute Gasteiger partial charge is 0.294 e. The van der Waals surface area contributed by atoms with E-state index in [1.165, 1.54) is 29.7 Å². The summed E-state index contributed by atoms with van der Waals surface area (Å²) in [7, 11) is 0. The summed E-state index contributed by atoms with van der Waals surface area (Å²) >= 11 is 1.79. The molecule has 2 aromatic rings. The highest BCUT2D eigenvalue weighted by Crippen LogP contribution is 2.20. The molecule has 0 saturated carbocycles. The Kier molecular flexibility index (Phi) is 2.77. The fraction of sp³-hybridized carbons (Fsp3) is 0.286. The summed E-state index contributed by atoms with van der Waals surface area (Å²) in [5.41, 5.74) is 4.48. The van der Waals surface area contributed by atoms with Gasteiger partial charge in [0.15, 0.2) is 0 Å². The average Bonchev–Trinajstić information content (AvgIpc) is 2.82. The normalized spacial score (nSPS) is 16.0. The minimum Gasteiger partial charge on any atom is -0.294 e. The van der Waals surface area contributed by atoms with E-state index >= 15 is 0 Å². The highest BCUT2D eigenvalue weighted by atomic mass is 32.1. The molecule has 2 heterocycles. The maximum absolute atomic E-state index is 2.53. The van der Waals surface area contributed by atoms with Crippen molar-refractivity contribution in [3.05, 3.63) is 57.8 Å². The van der Waals surface area contributed by atoms with Crippen LogP contribution in [0.2, 0.25) is 0 Å². The highest BCUT2D eigenvalue weighted by Gasteiger charge is 2.15. The van der Waals surface area contributed by atoms with Gasteiger partial charge in [-0.25, -0.2) is 0 Å². The van der Waals surface area contributed by atoms with Gasteiger partial charge in [0.05, 0.1) is 0 Å². The predicted molar refractivity (Wildman–Crippen MR) is 68.6 cm³/mol. The van der Waals surface area contributed by atoms with Crippen molar-refractivity contribution in [1.29, 1.82) is 0 Å². The van der Waals surface area contributed by atoms with Crippen LogP contribution < -0.4 is 0 Å². The summed E-state index contributed by atoms with van der Waals surface area (Å²) in [5, 5.41) is 4.41. The number of rotatable bonds is 2. The quantitative estimate of drug-likeness (QED) is 0.763. The Morgan fingerprint density at radius 3 is 2.81 bits per heavy atom. The second-order valence-corrected chi connectivity index (χ2v) is 5.14. The van der Waals surface area contributed by atoms with Crippen LogP contribution in [0.25, 0.3) is 0 Å². The van der Waals surface area contributed by atoms with Crippen molar-refractivity contribution in [3.63, 3.8) is 0 Å². The van der Waals surface area contributed by atoms with Gasteiger partial charge in [-0.15, -0.1) is 0 Å². The summed E-state index contributed by atoms with van der Waals surface area (Å²) in [6, 6.07) is 11.0. The van der Waals surface area contributed by atoms with Crippen LogP contribution in [-0.2, 0) is 19.5 Å². The molecule has 0 bridgehead atoms. The lowest BCUT2D eigenvalue weighted by molar-refractivity contribution is 0.246. The molecular weight excluding hydrogens is 214 g/mol. The molecule has 0 N–H and O–H groups in total. The molecule has 1 nitrogen and oxygen atoms in total. The Bertz CT molecular complexity index is 461. The van der Waals surface area contributed by atoms with E-state index in [0.29, 0.717) is 0 Å². The van der Waals surface area contributed by atoms with Crippen LogP contribution in [0, 0.1) is 0 Å². The first-order valence-electron chi connectivity index (χ1n) is 5.72. The molecule has 0 atom stereocenters. The van der Waals surface area contributed by atoms with Gasteiger partial charge in [0.2, 0.25) is 0 Å². The molecular formula is C14H15NS. The van der Waals surface area contributed by atoms with Gasteiger partial charge in [0.1, 0.15) is 0 Å². The van der Waals surface area contributed by atoms with E-state index in [-0.39, 0.29) is 0 Å². The van der Waals surface area contributed by atoms with E-state index in [0.717, 1.165) is 13.1 Å². The summed E-state index contributed by atoms with van der Waals surface area (Å²) < 4.78 is 0. The van der Waals surface area contributed by atoms with Crippen molar-refractivity contribution in [3.8, 4) is 0 Å². The van der Waals surface area contributed by atoms with E-state index in [2.05, 4.69) is 46.0 Å². The summed E-state index contributed by atoms with van der Waals surface area (Å²) in [4.78, 5) is 2.53. The molecule has 0 aliphatic carbocycles. The van der Waals surface area contributed by atoms with Crippen molar-refractivity contribution in [2.24, 2.45) is 0 Å². The fourth-order valence-corrected chi connectivity index (χ4v) is 2.99. The molecule has 0 saturated heterocycles. The van der Waals surface area contributed by atoms with Crippen molar-refractivity contribution in [1.82, 2.24) is 4.90 Å². The van der Waals surface area contributed by atoms with Gasteiger partial charge in [-0.2, -0.15) is 11.3 Å². The van der Waals surface area contributed by atoms with Crippen LogP contribution in [-0.4, -0.2) is 11.4 Å². The van der Waals surface area contributed by atoms with Gasteiger partial charge in [-0.3, -0.25) is 4.90 Å². The van der Waals surface area contributed by atoms with Crippen LogP contribution in [0.5, 0.6) is 0 Å². The topological polar surface area (TPSA) is 3.24 Å². The second-order valence-electron chi connectivity index (χ2n) is 4.36. The number of thiophene rings is 1. The third-order valence-electron chi connectivity index (χ3n) is 3.20. The third-order valence-corrected chi connectivity index (χ3v) is 3.93. The molecule has 1 aliphatic rings. The zero-order chi connectivity index (χ0) is 10.8. The lowest BCUT2D eigenvalue weighted by atomic mass is 10.00. The number of hydrogen-bond donors (Lipinski definition) is 0. The molecule has 16 heavy (non-hydrogen) atoms. The lowest BCUT2D eigenvalue weighted by Crippen LogP contribution is -2.29. The van der Waals surface area contributed by atoms with Gasteiger partial charge >= 0.3 is 0 Å². The zero-order valence-electron chi connectivity index (χ0n) is 9.23. The average molecular weight is 229 g/mol. The lowest BCUT2D eigenvalue weighted by Gasteiger charge is -2.28. The van der Waals surface area contributed by atoms with E-state index in [1.54, 1.807) is 11.3 Å².